The van der Waals surface area contributed by atoms with Gasteiger partial charge in [-0.15, -0.1) is 11.3 Å². The molecule has 0 saturated carbocycles. The maximum atomic E-state index is 12.4. The highest BCUT2D eigenvalue weighted by Crippen LogP contribution is 2.34. The van der Waals surface area contributed by atoms with Crippen LogP contribution in [0.3, 0.4) is 0 Å². The van der Waals surface area contributed by atoms with Crippen LogP contribution < -0.4 is 5.32 Å². The summed E-state index contributed by atoms with van der Waals surface area (Å²) in [5, 5.41) is 7.33. The second-order valence-electron chi connectivity index (χ2n) is 5.82. The first-order valence-corrected chi connectivity index (χ1v) is 10.6. The molecule has 0 aliphatic rings. The smallest absolute Gasteiger partial charge is 0.348 e. The molecule has 0 aliphatic heterocycles. The second-order valence-corrected chi connectivity index (χ2v) is 8.01. The van der Waals surface area contributed by atoms with Gasteiger partial charge in [-0.3, -0.25) is 9.48 Å². The molecule has 0 atom stereocenters. The van der Waals surface area contributed by atoms with Crippen LogP contribution in [0.5, 0.6) is 0 Å². The van der Waals surface area contributed by atoms with Gasteiger partial charge >= 0.3 is 11.9 Å². The van der Waals surface area contributed by atoms with Gasteiger partial charge < -0.3 is 14.8 Å². The highest BCUT2D eigenvalue weighted by molar-refractivity contribution is 14.1. The summed E-state index contributed by atoms with van der Waals surface area (Å²) >= 11 is 3.20. The van der Waals surface area contributed by atoms with Gasteiger partial charge in [-0.1, -0.05) is 0 Å². The van der Waals surface area contributed by atoms with E-state index in [1.54, 1.807) is 25.5 Å². The molecular weight excluding hydrogens is 497 g/mol. The van der Waals surface area contributed by atoms with Crippen LogP contribution >= 0.6 is 33.9 Å². The number of hydrogen-bond donors (Lipinski definition) is 1. The van der Waals surface area contributed by atoms with Gasteiger partial charge in [0, 0.05) is 19.2 Å². The minimum Gasteiger partial charge on any atom is -0.462 e. The van der Waals surface area contributed by atoms with Crippen molar-refractivity contribution in [2.75, 3.05) is 18.5 Å². The zero-order valence-corrected chi connectivity index (χ0v) is 19.1. The Morgan fingerprint density at radius 1 is 1.18 bits per heavy atom. The Morgan fingerprint density at radius 2 is 1.82 bits per heavy atom. The lowest BCUT2D eigenvalue weighted by Crippen LogP contribution is -2.16. The quantitative estimate of drug-likeness (QED) is 0.423. The standard InChI is InChI=1S/C18H22IN3O5S/c1-5-26-17(24)14-10(3)15(18(25)27-6-2)28-16(14)20-13(23)7-8-22-9-12(19)11(4)21-22/h9H,5-8H2,1-4H3,(H,20,23). The first-order valence-electron chi connectivity index (χ1n) is 8.75. The van der Waals surface area contributed by atoms with Crippen molar-refractivity contribution in [3.63, 3.8) is 0 Å². The van der Waals surface area contributed by atoms with Gasteiger partial charge in [0.1, 0.15) is 9.88 Å². The van der Waals surface area contributed by atoms with Crippen molar-refractivity contribution in [1.29, 1.82) is 0 Å². The van der Waals surface area contributed by atoms with Crippen molar-refractivity contribution in [2.24, 2.45) is 0 Å². The van der Waals surface area contributed by atoms with E-state index in [9.17, 15) is 14.4 Å². The molecule has 2 aromatic rings. The molecule has 2 aromatic heterocycles. The minimum atomic E-state index is -0.584. The maximum absolute atomic E-state index is 12.4. The number of aromatic nitrogens is 2. The van der Waals surface area contributed by atoms with Gasteiger partial charge in [-0.25, -0.2) is 9.59 Å². The van der Waals surface area contributed by atoms with E-state index >= 15 is 0 Å². The normalized spacial score (nSPS) is 10.6. The molecule has 2 heterocycles. The molecule has 1 amide bonds. The fourth-order valence-corrected chi connectivity index (χ4v) is 3.99. The first kappa shape index (κ1) is 22.3. The Morgan fingerprint density at radius 3 is 2.39 bits per heavy atom. The molecule has 1 N–H and O–H groups in total. The molecule has 28 heavy (non-hydrogen) atoms. The number of carbonyl (C=O) groups excluding carboxylic acids is 3. The topological polar surface area (TPSA) is 99.5 Å². The van der Waals surface area contributed by atoms with Crippen molar-refractivity contribution in [3.05, 3.63) is 31.5 Å². The minimum absolute atomic E-state index is 0.172. The van der Waals surface area contributed by atoms with Crippen LogP contribution in [-0.4, -0.2) is 40.8 Å². The number of nitrogens with one attached hydrogen (secondary N) is 1. The zero-order chi connectivity index (χ0) is 20.8. The molecule has 152 valence electrons. The molecule has 2 rings (SSSR count). The predicted molar refractivity (Wildman–Crippen MR) is 114 cm³/mol. The lowest BCUT2D eigenvalue weighted by molar-refractivity contribution is -0.116. The fraction of sp³-hybridized carbons (Fsp3) is 0.444. The van der Waals surface area contributed by atoms with Crippen molar-refractivity contribution in [3.8, 4) is 0 Å². The average Bonchev–Trinajstić information content (AvgIpc) is 3.12. The first-order chi connectivity index (χ1) is 13.3. The summed E-state index contributed by atoms with van der Waals surface area (Å²) in [6.07, 6.45) is 2.03. The van der Waals surface area contributed by atoms with Crippen molar-refractivity contribution >= 4 is 56.8 Å². The van der Waals surface area contributed by atoms with Gasteiger partial charge in [-0.05, 0) is 55.8 Å². The van der Waals surface area contributed by atoms with E-state index in [2.05, 4.69) is 33.0 Å². The summed E-state index contributed by atoms with van der Waals surface area (Å²) < 4.78 is 12.8. The molecule has 0 aromatic carbocycles. The Bertz CT molecular complexity index is 871. The van der Waals surface area contributed by atoms with Gasteiger partial charge in [-0.2, -0.15) is 5.10 Å². The Kier molecular flexibility index (Phi) is 7.98. The number of rotatable bonds is 8. The third kappa shape index (κ3) is 5.31. The van der Waals surface area contributed by atoms with Gasteiger partial charge in [0.25, 0.3) is 0 Å². The van der Waals surface area contributed by atoms with Crippen LogP contribution in [0, 0.1) is 17.4 Å². The second kappa shape index (κ2) is 10.0. The number of nitrogens with zero attached hydrogens (tertiary/aromatic N) is 2. The summed E-state index contributed by atoms with van der Waals surface area (Å²) in [7, 11) is 0. The summed E-state index contributed by atoms with van der Waals surface area (Å²) in [4.78, 5) is 37.2. The maximum Gasteiger partial charge on any atom is 0.348 e. The molecule has 8 nitrogen and oxygen atoms in total. The van der Waals surface area contributed by atoms with E-state index in [-0.39, 0.29) is 41.0 Å². The summed E-state index contributed by atoms with van der Waals surface area (Å²) in [5.74, 6) is -1.40. The number of hydrogen-bond acceptors (Lipinski definition) is 7. The van der Waals surface area contributed by atoms with E-state index in [0.717, 1.165) is 20.6 Å². The van der Waals surface area contributed by atoms with Crippen LogP contribution in [0.1, 0.15) is 51.6 Å². The molecule has 0 radical (unpaired) electrons. The van der Waals surface area contributed by atoms with Crippen LogP contribution in [0.15, 0.2) is 6.20 Å². The number of ether oxygens (including phenoxy) is 2. The summed E-state index contributed by atoms with van der Waals surface area (Å²) in [6.45, 7) is 7.74. The van der Waals surface area contributed by atoms with Crippen LogP contribution in [0.4, 0.5) is 5.00 Å². The lowest BCUT2D eigenvalue weighted by atomic mass is 10.1. The van der Waals surface area contributed by atoms with Gasteiger partial charge in [0.2, 0.25) is 5.91 Å². The van der Waals surface area contributed by atoms with Gasteiger partial charge in [0.15, 0.2) is 0 Å². The van der Waals surface area contributed by atoms with E-state index in [0.29, 0.717) is 12.1 Å². The van der Waals surface area contributed by atoms with Crippen LogP contribution in [-0.2, 0) is 20.8 Å². The summed E-state index contributed by atoms with van der Waals surface area (Å²) in [6, 6.07) is 0. The van der Waals surface area contributed by atoms with Crippen molar-refractivity contribution in [1.82, 2.24) is 9.78 Å². The number of halogens is 1. The third-order valence-corrected chi connectivity index (χ3v) is 6.04. The van der Waals surface area contributed by atoms with Crippen molar-refractivity contribution in [2.45, 2.75) is 40.7 Å². The van der Waals surface area contributed by atoms with Crippen LogP contribution in [0.25, 0.3) is 0 Å². The number of anilines is 1. The average molecular weight is 519 g/mol. The molecule has 0 fully saturated rings. The molecule has 10 heteroatoms. The molecule has 0 aliphatic carbocycles. The summed E-state index contributed by atoms with van der Waals surface area (Å²) in [5.41, 5.74) is 1.53. The largest absolute Gasteiger partial charge is 0.462 e. The van der Waals surface area contributed by atoms with Gasteiger partial charge in [0.05, 0.1) is 28.0 Å². The number of carbonyl (C=O) groups is 3. The molecular formula is C18H22IN3O5S. The van der Waals surface area contributed by atoms with E-state index in [1.807, 2.05) is 13.1 Å². The molecule has 0 unspecified atom stereocenters. The Hall–Kier alpha value is -1.95. The van der Waals surface area contributed by atoms with Crippen LogP contribution in [0.2, 0.25) is 0 Å². The number of thiophene rings is 1. The molecule has 0 spiro atoms. The van der Waals surface area contributed by atoms with Crippen molar-refractivity contribution < 1.29 is 23.9 Å². The fourth-order valence-electron chi connectivity index (χ4n) is 2.46. The number of aryl methyl sites for hydroxylation is 2. The predicted octanol–water partition coefficient (Wildman–Crippen LogP) is 3.55. The number of esters is 2. The third-order valence-electron chi connectivity index (χ3n) is 3.79. The highest BCUT2D eigenvalue weighted by atomic mass is 127. The van der Waals surface area contributed by atoms with E-state index < -0.39 is 11.9 Å². The highest BCUT2D eigenvalue weighted by Gasteiger charge is 2.27. The Labute approximate surface area is 180 Å². The Balaban J connectivity index is 2.19. The SMILES string of the molecule is CCOC(=O)c1sc(NC(=O)CCn2cc(I)c(C)n2)c(C(=O)OCC)c1C. The van der Waals surface area contributed by atoms with E-state index in [4.69, 9.17) is 9.47 Å². The molecule has 0 saturated heterocycles. The zero-order valence-electron chi connectivity index (χ0n) is 16.1. The lowest BCUT2D eigenvalue weighted by Gasteiger charge is -2.07. The number of amides is 1. The monoisotopic (exact) mass is 519 g/mol. The molecule has 0 bridgehead atoms. The van der Waals surface area contributed by atoms with E-state index in [1.165, 1.54) is 0 Å².